The van der Waals surface area contributed by atoms with Gasteiger partial charge in [-0.25, -0.2) is 9.97 Å². The van der Waals surface area contributed by atoms with Crippen LogP contribution < -0.4 is 5.32 Å². The molecule has 1 fully saturated rings. The highest BCUT2D eigenvalue weighted by Crippen LogP contribution is 2.19. The van der Waals surface area contributed by atoms with Crippen molar-refractivity contribution in [3.05, 3.63) is 42.7 Å². The average Bonchev–Trinajstić information content (AvgIpc) is 2.86. The van der Waals surface area contributed by atoms with Gasteiger partial charge >= 0.3 is 0 Å². The van der Waals surface area contributed by atoms with E-state index in [0.717, 1.165) is 30.1 Å². The zero-order chi connectivity index (χ0) is 13.1. The molecule has 0 saturated carbocycles. The number of anilines is 1. The number of benzene rings is 1. The molecular weight excluding hydrogens is 238 g/mol. The molecule has 2 aromatic rings. The van der Waals surface area contributed by atoms with Crippen molar-refractivity contribution in [2.75, 3.05) is 11.9 Å². The first-order valence-electron chi connectivity index (χ1n) is 6.58. The Balaban J connectivity index is 1.72. The number of nitrogens with one attached hydrogen (secondary N) is 1. The number of rotatable bonds is 3. The number of hydrogen-bond acceptors (Lipinski definition) is 4. The molecule has 0 bridgehead atoms. The monoisotopic (exact) mass is 255 g/mol. The average molecular weight is 255 g/mol. The van der Waals surface area contributed by atoms with Crippen molar-refractivity contribution in [2.45, 2.75) is 25.5 Å². The maximum absolute atomic E-state index is 5.53. The fourth-order valence-corrected chi connectivity index (χ4v) is 2.27. The summed E-state index contributed by atoms with van der Waals surface area (Å²) in [5, 5.41) is 3.42. The maximum Gasteiger partial charge on any atom is 0.159 e. The van der Waals surface area contributed by atoms with E-state index in [9.17, 15) is 0 Å². The van der Waals surface area contributed by atoms with Gasteiger partial charge in [0.1, 0.15) is 0 Å². The first kappa shape index (κ1) is 12.1. The van der Waals surface area contributed by atoms with Crippen LogP contribution in [0.3, 0.4) is 0 Å². The minimum Gasteiger partial charge on any atom is -0.377 e. The van der Waals surface area contributed by atoms with E-state index in [1.807, 2.05) is 42.7 Å². The third-order valence-corrected chi connectivity index (χ3v) is 3.41. The molecular formula is C15H17N3O. The van der Waals surface area contributed by atoms with Crippen molar-refractivity contribution in [3.8, 4) is 11.4 Å². The summed E-state index contributed by atoms with van der Waals surface area (Å²) in [6, 6.07) is 10.3. The van der Waals surface area contributed by atoms with Gasteiger partial charge in [-0.2, -0.15) is 0 Å². The van der Waals surface area contributed by atoms with Crippen molar-refractivity contribution in [1.82, 2.24) is 9.97 Å². The summed E-state index contributed by atoms with van der Waals surface area (Å²) in [6.45, 7) is 2.91. The highest BCUT2D eigenvalue weighted by molar-refractivity contribution is 5.55. The molecule has 1 N–H and O–H groups in total. The minimum atomic E-state index is 0.244. The van der Waals surface area contributed by atoms with Gasteiger partial charge in [-0.15, -0.1) is 0 Å². The van der Waals surface area contributed by atoms with E-state index in [2.05, 4.69) is 22.2 Å². The van der Waals surface area contributed by atoms with Crippen LogP contribution in [0, 0.1) is 0 Å². The van der Waals surface area contributed by atoms with Crippen LogP contribution in [0.5, 0.6) is 0 Å². The van der Waals surface area contributed by atoms with Crippen molar-refractivity contribution < 1.29 is 4.74 Å². The normalized spacial score (nSPS) is 22.4. The minimum absolute atomic E-state index is 0.244. The summed E-state index contributed by atoms with van der Waals surface area (Å²) in [5.74, 6) is 0.752. The van der Waals surface area contributed by atoms with Crippen LogP contribution in [0.2, 0.25) is 0 Å². The van der Waals surface area contributed by atoms with Crippen molar-refractivity contribution in [1.29, 1.82) is 0 Å². The van der Waals surface area contributed by atoms with Crippen molar-refractivity contribution in [3.63, 3.8) is 0 Å². The first-order valence-corrected chi connectivity index (χ1v) is 6.58. The van der Waals surface area contributed by atoms with Crippen LogP contribution in [0.1, 0.15) is 13.3 Å². The van der Waals surface area contributed by atoms with E-state index >= 15 is 0 Å². The largest absolute Gasteiger partial charge is 0.377 e. The van der Waals surface area contributed by atoms with Gasteiger partial charge in [0.05, 0.1) is 30.2 Å². The molecule has 0 radical (unpaired) electrons. The summed E-state index contributed by atoms with van der Waals surface area (Å²) >= 11 is 0. The fourth-order valence-electron chi connectivity index (χ4n) is 2.27. The molecule has 1 saturated heterocycles. The van der Waals surface area contributed by atoms with Gasteiger partial charge in [0.15, 0.2) is 5.82 Å². The Hall–Kier alpha value is -1.94. The second-order valence-electron chi connectivity index (χ2n) is 4.78. The summed E-state index contributed by atoms with van der Waals surface area (Å²) in [5.41, 5.74) is 1.98. The van der Waals surface area contributed by atoms with Crippen molar-refractivity contribution in [2.24, 2.45) is 0 Å². The number of hydrogen-bond donors (Lipinski definition) is 1. The van der Waals surface area contributed by atoms with E-state index in [0.29, 0.717) is 6.04 Å². The summed E-state index contributed by atoms with van der Waals surface area (Å²) < 4.78 is 5.53. The van der Waals surface area contributed by atoms with E-state index in [4.69, 9.17) is 4.74 Å². The molecule has 1 aliphatic heterocycles. The molecule has 4 nitrogen and oxygen atoms in total. The van der Waals surface area contributed by atoms with Gasteiger partial charge in [-0.1, -0.05) is 30.3 Å². The Labute approximate surface area is 112 Å². The second-order valence-corrected chi connectivity index (χ2v) is 4.78. The molecule has 0 aliphatic carbocycles. The van der Waals surface area contributed by atoms with E-state index in [1.165, 1.54) is 0 Å². The SMILES string of the molecule is CC1OCCC1Nc1cnc(-c2ccccc2)nc1. The molecule has 3 rings (SSSR count). The van der Waals surface area contributed by atoms with Gasteiger partial charge in [0.25, 0.3) is 0 Å². The fraction of sp³-hybridized carbons (Fsp3) is 0.333. The number of nitrogens with zero attached hydrogens (tertiary/aromatic N) is 2. The van der Waals surface area contributed by atoms with Crippen LogP contribution in [-0.4, -0.2) is 28.7 Å². The van der Waals surface area contributed by atoms with Crippen LogP contribution >= 0.6 is 0 Å². The molecule has 1 aromatic carbocycles. The Morgan fingerprint density at radius 1 is 1.16 bits per heavy atom. The molecule has 0 amide bonds. The van der Waals surface area contributed by atoms with Crippen LogP contribution in [-0.2, 0) is 4.74 Å². The smallest absolute Gasteiger partial charge is 0.159 e. The Bertz CT molecular complexity index is 527. The summed E-state index contributed by atoms with van der Waals surface area (Å²) in [6.07, 6.45) is 4.94. The lowest BCUT2D eigenvalue weighted by atomic mass is 10.1. The quantitative estimate of drug-likeness (QED) is 0.916. The third-order valence-electron chi connectivity index (χ3n) is 3.41. The Kier molecular flexibility index (Phi) is 3.42. The lowest BCUT2D eigenvalue weighted by Gasteiger charge is -2.16. The van der Waals surface area contributed by atoms with E-state index < -0.39 is 0 Å². The van der Waals surface area contributed by atoms with Gasteiger partial charge in [0.2, 0.25) is 0 Å². The summed E-state index contributed by atoms with van der Waals surface area (Å²) in [4.78, 5) is 8.80. The van der Waals surface area contributed by atoms with Crippen molar-refractivity contribution >= 4 is 5.69 Å². The highest BCUT2D eigenvalue weighted by atomic mass is 16.5. The summed E-state index contributed by atoms with van der Waals surface area (Å²) in [7, 11) is 0. The molecule has 0 spiro atoms. The van der Waals surface area contributed by atoms with Gasteiger partial charge < -0.3 is 10.1 Å². The van der Waals surface area contributed by atoms with Crippen LogP contribution in [0.15, 0.2) is 42.7 Å². The Morgan fingerprint density at radius 3 is 2.53 bits per heavy atom. The number of aromatic nitrogens is 2. The zero-order valence-electron chi connectivity index (χ0n) is 10.9. The number of ether oxygens (including phenoxy) is 1. The molecule has 1 aliphatic rings. The van der Waals surface area contributed by atoms with Gasteiger partial charge in [-0.05, 0) is 13.3 Å². The first-order chi connectivity index (χ1) is 9.33. The van der Waals surface area contributed by atoms with Gasteiger partial charge in [-0.3, -0.25) is 0 Å². The molecule has 19 heavy (non-hydrogen) atoms. The third kappa shape index (κ3) is 2.74. The second kappa shape index (κ2) is 5.36. The molecule has 1 aromatic heterocycles. The lowest BCUT2D eigenvalue weighted by Crippen LogP contribution is -2.26. The standard InChI is InChI=1S/C15H17N3O/c1-11-14(7-8-19-11)18-13-9-16-15(17-10-13)12-5-3-2-4-6-12/h2-6,9-11,14,18H,7-8H2,1H3. The lowest BCUT2D eigenvalue weighted by molar-refractivity contribution is 0.121. The molecule has 2 atom stereocenters. The molecule has 98 valence electrons. The van der Waals surface area contributed by atoms with Crippen LogP contribution in [0.25, 0.3) is 11.4 Å². The van der Waals surface area contributed by atoms with E-state index in [1.54, 1.807) is 0 Å². The molecule has 2 unspecified atom stereocenters. The molecule has 4 heteroatoms. The predicted octanol–water partition coefficient (Wildman–Crippen LogP) is 2.73. The van der Waals surface area contributed by atoms with E-state index in [-0.39, 0.29) is 6.10 Å². The Morgan fingerprint density at radius 2 is 1.89 bits per heavy atom. The van der Waals surface area contributed by atoms with Gasteiger partial charge in [0, 0.05) is 12.2 Å². The zero-order valence-corrected chi connectivity index (χ0v) is 10.9. The maximum atomic E-state index is 5.53. The van der Waals surface area contributed by atoms with Crippen LogP contribution in [0.4, 0.5) is 5.69 Å². The predicted molar refractivity (Wildman–Crippen MR) is 74.9 cm³/mol. The molecule has 2 heterocycles. The topological polar surface area (TPSA) is 47.0 Å². The highest BCUT2D eigenvalue weighted by Gasteiger charge is 2.23.